The lowest BCUT2D eigenvalue weighted by Gasteiger charge is -2.52. The number of halogens is 1. The quantitative estimate of drug-likeness (QED) is 0.447. The van der Waals surface area contributed by atoms with Crippen LogP contribution in [0.3, 0.4) is 0 Å². The van der Waals surface area contributed by atoms with Gasteiger partial charge >= 0.3 is 7.82 Å². The lowest BCUT2D eigenvalue weighted by atomic mass is 9.66. The van der Waals surface area contributed by atoms with Gasteiger partial charge in [-0.2, -0.15) is 0 Å². The van der Waals surface area contributed by atoms with Crippen molar-refractivity contribution in [1.29, 1.82) is 0 Å². The second-order valence-corrected chi connectivity index (χ2v) is 8.54. The highest BCUT2D eigenvalue weighted by Gasteiger charge is 2.47. The predicted octanol–water partition coefficient (Wildman–Crippen LogP) is 1.34. The first-order valence-corrected chi connectivity index (χ1v) is 9.70. The molecule has 21 heavy (non-hydrogen) atoms. The summed E-state index contributed by atoms with van der Waals surface area (Å²) in [7, 11) is -4.42. The summed E-state index contributed by atoms with van der Waals surface area (Å²) < 4.78 is 15.9. The fraction of sp³-hybridized carbons (Fsp3) is 1.00. The molecule has 0 aromatic carbocycles. The Labute approximate surface area is 130 Å². The van der Waals surface area contributed by atoms with Crippen LogP contribution in [0.25, 0.3) is 0 Å². The van der Waals surface area contributed by atoms with Gasteiger partial charge in [0.1, 0.15) is 0 Å². The average Bonchev–Trinajstić information content (AvgIpc) is 2.37. The summed E-state index contributed by atoms with van der Waals surface area (Å²) in [6.45, 7) is 0. The molecule has 5 N–H and O–H groups in total. The van der Waals surface area contributed by atoms with Crippen LogP contribution < -0.4 is 11.1 Å². The molecule has 0 bridgehead atoms. The van der Waals surface area contributed by atoms with Crippen molar-refractivity contribution in [2.45, 2.75) is 68.1 Å². The fourth-order valence-corrected chi connectivity index (χ4v) is 5.37. The summed E-state index contributed by atoms with van der Waals surface area (Å²) in [5.74, 6) is 0.637. The zero-order valence-corrected chi connectivity index (χ0v) is 13.5. The number of nitrogens with one attached hydrogen (secondary N) is 1. The molecular weight excluding hydrogens is 315 g/mol. The Morgan fingerprint density at radius 1 is 1.10 bits per heavy atom. The van der Waals surface area contributed by atoms with Gasteiger partial charge in [-0.05, 0) is 50.4 Å². The minimum absolute atomic E-state index is 0.0635. The van der Waals surface area contributed by atoms with Crippen LogP contribution in [0.5, 0.6) is 0 Å². The number of rotatable bonds is 2. The number of nitrogens with two attached hydrogens (primary N) is 1. The third kappa shape index (κ3) is 3.63. The Morgan fingerprint density at radius 2 is 1.86 bits per heavy atom. The number of hydrogen-bond acceptors (Lipinski definition) is 4. The van der Waals surface area contributed by atoms with Crippen molar-refractivity contribution in [1.82, 2.24) is 5.32 Å². The number of fused-ring (bicyclic) bond motifs is 2. The average molecular weight is 339 g/mol. The SMILES string of the molecule is NC1C2CCC(Cl)CC2NC2CCC(OP(=O)(O)O)CC21. The summed E-state index contributed by atoms with van der Waals surface area (Å²) in [4.78, 5) is 18.0. The molecule has 0 aromatic rings. The number of alkyl halides is 1. The van der Waals surface area contributed by atoms with E-state index in [0.29, 0.717) is 30.8 Å². The Balaban J connectivity index is 1.67. The zero-order valence-electron chi connectivity index (χ0n) is 11.9. The van der Waals surface area contributed by atoms with Crippen LogP contribution in [0.2, 0.25) is 0 Å². The van der Waals surface area contributed by atoms with E-state index in [1.54, 1.807) is 0 Å². The van der Waals surface area contributed by atoms with Crippen molar-refractivity contribution in [2.24, 2.45) is 17.6 Å². The van der Waals surface area contributed by atoms with Gasteiger partial charge in [0.25, 0.3) is 0 Å². The van der Waals surface area contributed by atoms with E-state index in [2.05, 4.69) is 5.32 Å². The Hall–Kier alpha value is 0.320. The highest BCUT2D eigenvalue weighted by Crippen LogP contribution is 2.45. The smallest absolute Gasteiger partial charge is 0.327 e. The van der Waals surface area contributed by atoms with Crippen LogP contribution >= 0.6 is 19.4 Å². The van der Waals surface area contributed by atoms with Crippen LogP contribution in [0, 0.1) is 11.8 Å². The van der Waals surface area contributed by atoms with E-state index in [4.69, 9.17) is 31.6 Å². The van der Waals surface area contributed by atoms with E-state index in [9.17, 15) is 4.57 Å². The van der Waals surface area contributed by atoms with Crippen molar-refractivity contribution >= 4 is 19.4 Å². The maximum Gasteiger partial charge on any atom is 0.469 e. The van der Waals surface area contributed by atoms with E-state index in [1.165, 1.54) is 0 Å². The summed E-state index contributed by atoms with van der Waals surface area (Å²) >= 11 is 6.27. The monoisotopic (exact) mass is 338 g/mol. The van der Waals surface area contributed by atoms with Crippen molar-refractivity contribution in [3.8, 4) is 0 Å². The highest BCUT2D eigenvalue weighted by atomic mass is 35.5. The molecule has 3 fully saturated rings. The molecule has 7 atom stereocenters. The van der Waals surface area contributed by atoms with Crippen molar-refractivity contribution < 1.29 is 18.9 Å². The number of hydrogen-bond donors (Lipinski definition) is 4. The molecule has 1 saturated heterocycles. The summed E-state index contributed by atoms with van der Waals surface area (Å²) in [5.41, 5.74) is 6.48. The molecule has 0 radical (unpaired) electrons. The third-order valence-electron chi connectivity index (χ3n) is 5.39. The van der Waals surface area contributed by atoms with Crippen LogP contribution in [0.15, 0.2) is 0 Å². The van der Waals surface area contributed by atoms with E-state index in [1.807, 2.05) is 0 Å². The number of phosphoric acid groups is 1. The molecule has 2 aliphatic carbocycles. The minimum Gasteiger partial charge on any atom is -0.327 e. The minimum atomic E-state index is -4.42. The predicted molar refractivity (Wildman–Crippen MR) is 79.9 cm³/mol. The Morgan fingerprint density at radius 3 is 2.57 bits per heavy atom. The Bertz CT molecular complexity index is 434. The molecule has 1 aliphatic heterocycles. The van der Waals surface area contributed by atoms with Gasteiger partial charge < -0.3 is 20.8 Å². The van der Waals surface area contributed by atoms with E-state index in [0.717, 1.165) is 25.7 Å². The molecule has 0 amide bonds. The van der Waals surface area contributed by atoms with Crippen LogP contribution in [0.4, 0.5) is 0 Å². The molecular formula is C13H24ClN2O4P. The lowest BCUT2D eigenvalue weighted by Crippen LogP contribution is -2.65. The maximum atomic E-state index is 11.0. The van der Waals surface area contributed by atoms with Gasteiger partial charge in [0.2, 0.25) is 0 Å². The van der Waals surface area contributed by atoms with Crippen LogP contribution in [-0.2, 0) is 9.09 Å². The van der Waals surface area contributed by atoms with Crippen molar-refractivity contribution in [3.05, 3.63) is 0 Å². The first-order chi connectivity index (χ1) is 9.83. The van der Waals surface area contributed by atoms with Crippen LogP contribution in [0.1, 0.15) is 38.5 Å². The molecule has 7 unspecified atom stereocenters. The summed E-state index contributed by atoms with van der Waals surface area (Å²) in [5, 5.41) is 3.92. The van der Waals surface area contributed by atoms with Gasteiger partial charge in [-0.15, -0.1) is 11.6 Å². The van der Waals surface area contributed by atoms with Gasteiger partial charge in [-0.1, -0.05) is 0 Å². The zero-order chi connectivity index (χ0) is 15.2. The molecule has 6 nitrogen and oxygen atoms in total. The number of piperidine rings is 1. The maximum absolute atomic E-state index is 11.0. The normalized spacial score (nSPS) is 47.5. The molecule has 1 heterocycles. The molecule has 8 heteroatoms. The van der Waals surface area contributed by atoms with Gasteiger partial charge in [-0.25, -0.2) is 4.57 Å². The highest BCUT2D eigenvalue weighted by molar-refractivity contribution is 7.46. The second kappa shape index (κ2) is 6.08. The molecule has 0 aromatic heterocycles. The Kier molecular flexibility index (Phi) is 4.69. The van der Waals surface area contributed by atoms with Gasteiger partial charge in [0.15, 0.2) is 0 Å². The third-order valence-corrected chi connectivity index (χ3v) is 6.36. The van der Waals surface area contributed by atoms with Crippen molar-refractivity contribution in [2.75, 3.05) is 0 Å². The largest absolute Gasteiger partial charge is 0.469 e. The van der Waals surface area contributed by atoms with Gasteiger partial charge in [-0.3, -0.25) is 4.52 Å². The van der Waals surface area contributed by atoms with Gasteiger partial charge in [0, 0.05) is 23.5 Å². The first kappa shape index (κ1) is 16.2. The second-order valence-electron chi connectivity index (χ2n) is 6.73. The standard InChI is InChI=1S/C13H24ClN2O4P/c14-7-1-3-9-12(5-7)16-11-4-2-8(20-21(17,18)19)6-10(11)13(9)15/h7-13,16H,1-6,15H2,(H2,17,18,19). The molecule has 3 aliphatic rings. The molecule has 122 valence electrons. The molecule has 2 saturated carbocycles. The molecule has 3 rings (SSSR count). The van der Waals surface area contributed by atoms with E-state index >= 15 is 0 Å². The van der Waals surface area contributed by atoms with Crippen molar-refractivity contribution in [3.63, 3.8) is 0 Å². The van der Waals surface area contributed by atoms with Gasteiger partial charge in [0.05, 0.1) is 6.10 Å². The van der Waals surface area contributed by atoms with E-state index < -0.39 is 7.82 Å². The summed E-state index contributed by atoms with van der Waals surface area (Å²) in [6.07, 6.45) is 4.73. The topological polar surface area (TPSA) is 105 Å². The molecule has 0 spiro atoms. The van der Waals surface area contributed by atoms with E-state index in [-0.39, 0.29) is 23.4 Å². The summed E-state index contributed by atoms with van der Waals surface area (Å²) in [6, 6.07) is 0.769. The first-order valence-electron chi connectivity index (χ1n) is 7.73. The van der Waals surface area contributed by atoms with Crippen LogP contribution in [-0.4, -0.2) is 39.4 Å². The number of phosphoric ester groups is 1. The fourth-order valence-electron chi connectivity index (χ4n) is 4.47. The lowest BCUT2D eigenvalue weighted by molar-refractivity contribution is 0.0146.